The van der Waals surface area contributed by atoms with Crippen LogP contribution in [-0.2, 0) is 19.2 Å². The molecule has 0 aromatic heterocycles. The van der Waals surface area contributed by atoms with Crippen molar-refractivity contribution in [1.82, 2.24) is 10.6 Å². The lowest BCUT2D eigenvalue weighted by atomic mass is 9.93. The predicted octanol–water partition coefficient (Wildman–Crippen LogP) is -10.7. The molecule has 4 atom stereocenters. The number of hydrogen-bond donors (Lipinski definition) is 6. The molecule has 55 heavy (non-hydrogen) atoms. The topological polar surface area (TPSA) is 173 Å². The number of aliphatic hydroxyl groups is 2. The highest BCUT2D eigenvalue weighted by molar-refractivity contribution is 5.92. The van der Waals surface area contributed by atoms with Crippen LogP contribution in [0.1, 0.15) is 46.5 Å². The number of nitrogens with zero attached hydrogens (tertiary/aromatic N) is 4. The fourth-order valence-corrected chi connectivity index (χ4v) is 5.41. The molecule has 0 aliphatic carbocycles. The number of rotatable bonds is 23. The van der Waals surface area contributed by atoms with Gasteiger partial charge in [-0.3, -0.25) is 14.4 Å². The Morgan fingerprint density at radius 2 is 1.04 bits per heavy atom. The third-order valence-corrected chi connectivity index (χ3v) is 7.88. The van der Waals surface area contributed by atoms with Gasteiger partial charge >= 0.3 is 11.9 Å². The van der Waals surface area contributed by atoms with E-state index in [4.69, 9.17) is 10.2 Å². The Morgan fingerprint density at radius 3 is 1.31 bits per heavy atom. The number of carboxylic acid groups (broad SMARTS) is 2. The zero-order chi connectivity index (χ0) is 40.8. The minimum atomic E-state index is -0.981. The zero-order valence-corrected chi connectivity index (χ0v) is 39.0. The first kappa shape index (κ1) is 68.0. The second kappa shape index (κ2) is 33.3. The standard InChI is InChI=1S/C19H39N3O4.C15H32N3O2.C3H4O2.4ClH/c1-8-16(12-15(2)19(25)26)18(24)20-10-9-11-22(6,7)14-17(23)13-21(3,4)5;1-13(2)15(20)16-9-8-10-18(6,7)12-14(19)11-17(3,4)5;1-2-3(4)5;;;;/h15-17,23H,8-14H2,1-7H3;14,19H,1,8-12H2,2-7H3;2H,1H2,(H,4,5);4*1H/q;+1;;;;;/p-1. The molecule has 0 spiro atoms. The quantitative estimate of drug-likeness (QED) is 0.0334. The number of carboxylic acids is 2. The summed E-state index contributed by atoms with van der Waals surface area (Å²) < 4.78 is 2.94. The zero-order valence-electron chi connectivity index (χ0n) is 36.0. The van der Waals surface area contributed by atoms with Gasteiger partial charge in [-0.1, -0.05) is 27.0 Å². The molecule has 14 nitrogen and oxygen atoms in total. The van der Waals surface area contributed by atoms with Crippen LogP contribution >= 0.6 is 0 Å². The molecule has 0 radical (unpaired) electrons. The van der Waals surface area contributed by atoms with Crippen LogP contribution in [0.4, 0.5) is 0 Å². The number of likely N-dealkylation sites (N-methyl/N-ethyl adjacent to an activating group) is 4. The van der Waals surface area contributed by atoms with Crippen LogP contribution in [-0.4, -0.2) is 197 Å². The summed E-state index contributed by atoms with van der Waals surface area (Å²) in [5, 5.41) is 42.7. The van der Waals surface area contributed by atoms with Gasteiger partial charge in [-0.15, -0.1) is 0 Å². The number of quaternary nitrogens is 4. The predicted molar refractivity (Wildman–Crippen MR) is 205 cm³/mol. The third kappa shape index (κ3) is 44.9. The van der Waals surface area contributed by atoms with Gasteiger partial charge in [-0.2, -0.15) is 0 Å². The molecule has 18 heteroatoms. The Balaban J connectivity index is -0.000000143. The van der Waals surface area contributed by atoms with Crippen molar-refractivity contribution in [2.45, 2.75) is 58.7 Å². The van der Waals surface area contributed by atoms with Crippen LogP contribution in [0.15, 0.2) is 24.8 Å². The number of aliphatic carboxylic acids is 2. The lowest BCUT2D eigenvalue weighted by molar-refractivity contribution is -0.907. The first-order valence-electron chi connectivity index (χ1n) is 17.9. The molecule has 0 saturated carbocycles. The number of carbonyl (C=O) groups is 4. The first-order chi connectivity index (χ1) is 23.0. The number of halogens is 4. The highest BCUT2D eigenvalue weighted by atomic mass is 35.5. The average molecular weight is 877 g/mol. The molecule has 4 unspecified atom stereocenters. The second-order valence-corrected chi connectivity index (χ2v) is 17.1. The van der Waals surface area contributed by atoms with Gasteiger partial charge in [0.15, 0.2) is 12.2 Å². The molecule has 332 valence electrons. The van der Waals surface area contributed by atoms with Gasteiger partial charge in [-0.05, 0) is 19.8 Å². The van der Waals surface area contributed by atoms with Crippen molar-refractivity contribution >= 4 is 23.8 Å². The molecule has 2 amide bonds. The van der Waals surface area contributed by atoms with Gasteiger partial charge in [0.1, 0.15) is 26.2 Å². The van der Waals surface area contributed by atoms with E-state index >= 15 is 0 Å². The van der Waals surface area contributed by atoms with E-state index < -0.39 is 17.9 Å². The van der Waals surface area contributed by atoms with Crippen molar-refractivity contribution in [3.05, 3.63) is 24.8 Å². The van der Waals surface area contributed by atoms with Gasteiger partial charge < -0.3 is 98.6 Å². The molecule has 0 aromatic rings. The summed E-state index contributed by atoms with van der Waals surface area (Å²) in [5.41, 5.74) is 0.539. The maximum absolute atomic E-state index is 12.2. The van der Waals surface area contributed by atoms with Gasteiger partial charge in [0.2, 0.25) is 11.8 Å². The van der Waals surface area contributed by atoms with E-state index in [1.807, 2.05) is 6.92 Å². The summed E-state index contributed by atoms with van der Waals surface area (Å²) in [6, 6.07) is 0. The molecule has 6 N–H and O–H groups in total. The molecular formula is C37H78Cl4N6O8. The molecule has 0 heterocycles. The Morgan fingerprint density at radius 1 is 0.691 bits per heavy atom. The monoisotopic (exact) mass is 874 g/mol. The minimum Gasteiger partial charge on any atom is -1.00 e. The summed E-state index contributed by atoms with van der Waals surface area (Å²) in [4.78, 5) is 43.8. The number of aliphatic hydroxyl groups excluding tert-OH is 2. The van der Waals surface area contributed by atoms with Crippen molar-refractivity contribution in [3.63, 3.8) is 0 Å². The first-order valence-corrected chi connectivity index (χ1v) is 17.9. The van der Waals surface area contributed by atoms with E-state index in [1.54, 1.807) is 13.8 Å². The highest BCUT2D eigenvalue weighted by Crippen LogP contribution is 2.16. The van der Waals surface area contributed by atoms with Crippen LogP contribution in [0.3, 0.4) is 0 Å². The van der Waals surface area contributed by atoms with Crippen LogP contribution in [0.25, 0.3) is 0 Å². The molecule has 0 aliphatic heterocycles. The summed E-state index contributed by atoms with van der Waals surface area (Å²) in [7, 11) is 20.8. The van der Waals surface area contributed by atoms with E-state index in [0.29, 0.717) is 49.1 Å². The number of hydrogen-bond acceptors (Lipinski definition) is 6. The third-order valence-electron chi connectivity index (χ3n) is 7.88. The Hall–Kier alpha value is -1.72. The fraction of sp³-hybridized carbons (Fsp3) is 0.784. The van der Waals surface area contributed by atoms with Crippen molar-refractivity contribution in [1.29, 1.82) is 0 Å². The normalized spacial score (nSPS) is 13.2. The molecular weight excluding hydrogens is 798 g/mol. The summed E-state index contributed by atoms with van der Waals surface area (Å²) in [6.07, 6.45) is 2.89. The molecule has 0 aromatic carbocycles. The summed E-state index contributed by atoms with van der Waals surface area (Å²) >= 11 is 0. The second-order valence-electron chi connectivity index (χ2n) is 17.1. The fourth-order valence-electron chi connectivity index (χ4n) is 5.41. The maximum Gasteiger partial charge on any atom is 0.327 e. The lowest BCUT2D eigenvalue weighted by Gasteiger charge is -2.34. The van der Waals surface area contributed by atoms with Crippen LogP contribution in [0.2, 0.25) is 0 Å². The number of amides is 2. The number of nitrogens with one attached hydrogen (secondary N) is 2. The molecule has 0 rings (SSSR count). The van der Waals surface area contributed by atoms with Crippen LogP contribution < -0.4 is 60.3 Å². The van der Waals surface area contributed by atoms with E-state index in [-0.39, 0.29) is 79.6 Å². The van der Waals surface area contributed by atoms with Crippen molar-refractivity contribution < 1.29 is 107 Å². The van der Waals surface area contributed by atoms with Crippen molar-refractivity contribution in [2.75, 3.05) is 123 Å². The summed E-state index contributed by atoms with van der Waals surface area (Å²) in [5.74, 6) is -2.75. The molecule has 0 fully saturated rings. The van der Waals surface area contributed by atoms with Gasteiger partial charge in [0.25, 0.3) is 0 Å². The average Bonchev–Trinajstić information content (AvgIpc) is 2.93. The lowest BCUT2D eigenvalue weighted by Crippen LogP contribution is -3.00. The molecule has 0 bridgehead atoms. The van der Waals surface area contributed by atoms with Gasteiger partial charge in [0, 0.05) is 43.5 Å². The van der Waals surface area contributed by atoms with Crippen molar-refractivity contribution in [2.24, 2.45) is 11.8 Å². The smallest absolute Gasteiger partial charge is 0.327 e. The van der Waals surface area contributed by atoms with Crippen LogP contribution in [0.5, 0.6) is 0 Å². The van der Waals surface area contributed by atoms with Gasteiger partial charge in [-0.25, -0.2) is 4.79 Å². The minimum absolute atomic E-state index is 0. The largest absolute Gasteiger partial charge is 1.00 e. The molecule has 0 aliphatic rings. The Kier molecular flexibility index (Phi) is 41.1. The Labute approximate surface area is 358 Å². The van der Waals surface area contributed by atoms with E-state index in [0.717, 1.165) is 58.5 Å². The van der Waals surface area contributed by atoms with E-state index in [1.165, 1.54) is 0 Å². The highest BCUT2D eigenvalue weighted by Gasteiger charge is 2.27. The van der Waals surface area contributed by atoms with E-state index in [9.17, 15) is 29.4 Å². The Bertz CT molecular complexity index is 1090. The van der Waals surface area contributed by atoms with Crippen LogP contribution in [0, 0.1) is 11.8 Å². The molecule has 0 saturated heterocycles. The summed E-state index contributed by atoms with van der Waals surface area (Å²) in [6.45, 7) is 17.7. The SMILES string of the molecule is C=C(C)C(=O)NCCC[N+](C)(C)CC(O)C[N+](C)(C)C.C=CC(=O)O.CCC(CC(C)C(=O)O)C(=O)NCCC[N+](C)(C)CC(O)C[N+](C)(C)C.[Cl-].[Cl-].[Cl-].[Cl-]. The van der Waals surface area contributed by atoms with Gasteiger partial charge in [0.05, 0.1) is 89.5 Å². The van der Waals surface area contributed by atoms with Crippen molar-refractivity contribution in [3.8, 4) is 0 Å². The maximum atomic E-state index is 12.2. The number of carbonyl (C=O) groups excluding carboxylic acids is 2. The van der Waals surface area contributed by atoms with E-state index in [2.05, 4.69) is 94.3 Å².